The van der Waals surface area contributed by atoms with Gasteiger partial charge in [0.1, 0.15) is 5.69 Å². The van der Waals surface area contributed by atoms with Gasteiger partial charge in [-0.15, -0.1) is 11.3 Å². The van der Waals surface area contributed by atoms with Gasteiger partial charge in [0.2, 0.25) is 0 Å². The lowest BCUT2D eigenvalue weighted by Crippen LogP contribution is -1.98. The number of para-hydroxylation sites is 2. The first kappa shape index (κ1) is 20.5. The zero-order valence-corrected chi connectivity index (χ0v) is 20.5. The second-order valence-corrected chi connectivity index (χ2v) is 10.3. The smallest absolute Gasteiger partial charge is 0.180 e. The van der Waals surface area contributed by atoms with Crippen LogP contribution in [0.25, 0.3) is 75.5 Å². The first-order valence-corrected chi connectivity index (χ1v) is 13.1. The number of thiophene rings is 1. The van der Waals surface area contributed by atoms with E-state index in [0.717, 1.165) is 44.1 Å². The lowest BCUT2D eigenvalue weighted by Gasteiger charge is -2.13. The highest BCUT2D eigenvalue weighted by Gasteiger charge is 2.19. The number of fused-ring (bicyclic) bond motifs is 8. The van der Waals surface area contributed by atoms with E-state index in [1.165, 1.54) is 25.6 Å². The molecule has 3 heterocycles. The highest BCUT2D eigenvalue weighted by Crippen LogP contribution is 2.43. The van der Waals surface area contributed by atoms with Crippen molar-refractivity contribution in [3.05, 3.63) is 115 Å². The molecule has 172 valence electrons. The summed E-state index contributed by atoms with van der Waals surface area (Å²) < 4.78 is 2.50. The third-order valence-electron chi connectivity index (χ3n) is 7.07. The van der Waals surface area contributed by atoms with Crippen molar-refractivity contribution >= 4 is 64.1 Å². The van der Waals surface area contributed by atoms with Crippen LogP contribution in [0, 0.1) is 0 Å². The predicted octanol–water partition coefficient (Wildman–Crippen LogP) is 9.03. The maximum Gasteiger partial charge on any atom is 0.180 e. The summed E-state index contributed by atoms with van der Waals surface area (Å²) in [6.45, 7) is 0. The average molecular weight is 490 g/mol. The SMILES string of the molecule is c1ccc(-c2nc(-c3nc4ccccc4c4ccc5c6ccccc6sc5c34)nc3ccccc23)cc1. The van der Waals surface area contributed by atoms with Crippen LogP contribution < -0.4 is 0 Å². The molecule has 0 aliphatic carbocycles. The largest absolute Gasteiger partial charge is 0.244 e. The number of aromatic nitrogens is 3. The van der Waals surface area contributed by atoms with Crippen molar-refractivity contribution < 1.29 is 0 Å². The van der Waals surface area contributed by atoms with Gasteiger partial charge in [-0.3, -0.25) is 0 Å². The van der Waals surface area contributed by atoms with E-state index in [9.17, 15) is 0 Å². The molecule has 0 saturated heterocycles. The molecule has 37 heavy (non-hydrogen) atoms. The molecular formula is C33H19N3S. The Hall–Kier alpha value is -4.67. The normalized spacial score (nSPS) is 11.8. The van der Waals surface area contributed by atoms with E-state index in [2.05, 4.69) is 91.0 Å². The molecule has 8 aromatic rings. The van der Waals surface area contributed by atoms with Gasteiger partial charge in [-0.2, -0.15) is 0 Å². The number of rotatable bonds is 2. The maximum atomic E-state index is 5.22. The number of pyridine rings is 1. The lowest BCUT2D eigenvalue weighted by atomic mass is 10.00. The van der Waals surface area contributed by atoms with Gasteiger partial charge in [0.05, 0.1) is 16.7 Å². The summed E-state index contributed by atoms with van der Waals surface area (Å²) in [4.78, 5) is 15.5. The average Bonchev–Trinajstić information content (AvgIpc) is 3.35. The monoisotopic (exact) mass is 489 g/mol. The summed E-state index contributed by atoms with van der Waals surface area (Å²) in [6.07, 6.45) is 0. The molecule has 0 N–H and O–H groups in total. The standard InChI is InChI=1S/C33H19N3S/c1-2-10-20(11-3-1)30-25-14-5-8-16-27(25)35-33(36-30)31-29-23(21-12-4-7-15-26(21)34-31)18-19-24-22-13-6-9-17-28(22)37-32(24)29/h1-19H. The van der Waals surface area contributed by atoms with Gasteiger partial charge in [-0.1, -0.05) is 97.1 Å². The topological polar surface area (TPSA) is 38.7 Å². The Bertz CT molecular complexity index is 2150. The Balaban J connectivity index is 1.56. The van der Waals surface area contributed by atoms with Crippen molar-refractivity contribution in [1.29, 1.82) is 0 Å². The van der Waals surface area contributed by atoms with E-state index in [1.54, 1.807) is 0 Å². The van der Waals surface area contributed by atoms with Crippen LogP contribution in [0.15, 0.2) is 115 Å². The Morgan fingerprint density at radius 3 is 1.92 bits per heavy atom. The molecule has 3 nitrogen and oxygen atoms in total. The highest BCUT2D eigenvalue weighted by molar-refractivity contribution is 7.26. The lowest BCUT2D eigenvalue weighted by molar-refractivity contribution is 1.20. The summed E-state index contributed by atoms with van der Waals surface area (Å²) in [5, 5.41) is 6.99. The Morgan fingerprint density at radius 2 is 1.08 bits per heavy atom. The minimum atomic E-state index is 0.651. The van der Waals surface area contributed by atoms with Crippen LogP contribution in [-0.2, 0) is 0 Å². The van der Waals surface area contributed by atoms with Crippen molar-refractivity contribution in [3.8, 4) is 22.8 Å². The van der Waals surface area contributed by atoms with E-state index in [-0.39, 0.29) is 0 Å². The van der Waals surface area contributed by atoms with E-state index in [1.807, 2.05) is 35.6 Å². The quantitative estimate of drug-likeness (QED) is 0.227. The molecule has 3 aromatic heterocycles. The fraction of sp³-hybridized carbons (Fsp3) is 0. The van der Waals surface area contributed by atoms with Crippen LogP contribution >= 0.6 is 11.3 Å². The summed E-state index contributed by atoms with van der Waals surface area (Å²) in [5.74, 6) is 0.651. The summed E-state index contributed by atoms with van der Waals surface area (Å²) in [5.41, 5.74) is 4.68. The van der Waals surface area contributed by atoms with Gasteiger partial charge in [0, 0.05) is 41.9 Å². The number of hydrogen-bond donors (Lipinski definition) is 0. The molecule has 0 unspecified atom stereocenters. The molecule has 0 amide bonds. The summed E-state index contributed by atoms with van der Waals surface area (Å²) in [7, 11) is 0. The molecule has 0 saturated carbocycles. The first-order chi connectivity index (χ1) is 18.3. The molecule has 4 heteroatoms. The second kappa shape index (κ2) is 7.92. The van der Waals surface area contributed by atoms with E-state index in [0.29, 0.717) is 5.82 Å². The van der Waals surface area contributed by atoms with Crippen LogP contribution in [0.5, 0.6) is 0 Å². The van der Waals surface area contributed by atoms with Gasteiger partial charge in [-0.25, -0.2) is 15.0 Å². The molecule has 0 fully saturated rings. The van der Waals surface area contributed by atoms with Crippen molar-refractivity contribution in [2.24, 2.45) is 0 Å². The zero-order chi connectivity index (χ0) is 24.3. The number of benzene rings is 5. The van der Waals surface area contributed by atoms with Crippen LogP contribution in [-0.4, -0.2) is 15.0 Å². The molecule has 0 atom stereocenters. The van der Waals surface area contributed by atoms with Gasteiger partial charge < -0.3 is 0 Å². The number of hydrogen-bond acceptors (Lipinski definition) is 4. The molecule has 0 spiro atoms. The minimum absolute atomic E-state index is 0.651. The predicted molar refractivity (Wildman–Crippen MR) is 156 cm³/mol. The van der Waals surface area contributed by atoms with Crippen molar-refractivity contribution in [2.45, 2.75) is 0 Å². The Kier molecular flexibility index (Phi) is 4.39. The highest BCUT2D eigenvalue weighted by atomic mass is 32.1. The van der Waals surface area contributed by atoms with Crippen molar-refractivity contribution in [2.75, 3.05) is 0 Å². The Labute approximate surface area is 216 Å². The van der Waals surface area contributed by atoms with E-state index in [4.69, 9.17) is 15.0 Å². The molecule has 0 radical (unpaired) electrons. The molecule has 0 bridgehead atoms. The van der Waals surface area contributed by atoms with Crippen molar-refractivity contribution in [3.63, 3.8) is 0 Å². The van der Waals surface area contributed by atoms with E-state index < -0.39 is 0 Å². The fourth-order valence-electron chi connectivity index (χ4n) is 5.38. The molecule has 0 aliphatic rings. The molecular weight excluding hydrogens is 470 g/mol. The van der Waals surface area contributed by atoms with E-state index >= 15 is 0 Å². The third kappa shape index (κ3) is 3.09. The second-order valence-electron chi connectivity index (χ2n) is 9.22. The molecule has 8 rings (SSSR count). The minimum Gasteiger partial charge on any atom is -0.244 e. The zero-order valence-electron chi connectivity index (χ0n) is 19.7. The molecule has 0 aliphatic heterocycles. The third-order valence-corrected chi connectivity index (χ3v) is 8.28. The van der Waals surface area contributed by atoms with Crippen LogP contribution in [0.1, 0.15) is 0 Å². The van der Waals surface area contributed by atoms with Crippen LogP contribution in [0.4, 0.5) is 0 Å². The molecule has 5 aromatic carbocycles. The maximum absolute atomic E-state index is 5.22. The summed E-state index contributed by atoms with van der Waals surface area (Å²) >= 11 is 1.82. The van der Waals surface area contributed by atoms with Gasteiger partial charge in [0.15, 0.2) is 5.82 Å². The first-order valence-electron chi connectivity index (χ1n) is 12.3. The Morgan fingerprint density at radius 1 is 0.432 bits per heavy atom. The van der Waals surface area contributed by atoms with Gasteiger partial charge in [0.25, 0.3) is 0 Å². The van der Waals surface area contributed by atoms with Crippen LogP contribution in [0.2, 0.25) is 0 Å². The number of nitrogens with zero attached hydrogens (tertiary/aromatic N) is 3. The van der Waals surface area contributed by atoms with Crippen LogP contribution in [0.3, 0.4) is 0 Å². The summed E-state index contributed by atoms with van der Waals surface area (Å²) in [6, 6.07) is 40.0. The van der Waals surface area contributed by atoms with Crippen molar-refractivity contribution in [1.82, 2.24) is 15.0 Å². The van der Waals surface area contributed by atoms with Gasteiger partial charge in [-0.05, 0) is 23.6 Å². The fourth-order valence-corrected chi connectivity index (χ4v) is 6.64. The van der Waals surface area contributed by atoms with Gasteiger partial charge >= 0.3 is 0 Å².